The fourth-order valence-corrected chi connectivity index (χ4v) is 2.59. The van der Waals surface area contributed by atoms with Gasteiger partial charge in [-0.25, -0.2) is 9.97 Å². The summed E-state index contributed by atoms with van der Waals surface area (Å²) in [4.78, 5) is 8.94. The van der Waals surface area contributed by atoms with E-state index in [0.717, 1.165) is 17.0 Å². The normalized spacial score (nSPS) is 16.8. The van der Waals surface area contributed by atoms with E-state index in [1.807, 2.05) is 24.3 Å². The van der Waals surface area contributed by atoms with Gasteiger partial charge in [0.2, 0.25) is 0 Å². The Hall–Kier alpha value is -1.66. The number of nitrogens with two attached hydrogens (primary N) is 1. The van der Waals surface area contributed by atoms with Crippen molar-refractivity contribution >= 4 is 21.7 Å². The summed E-state index contributed by atoms with van der Waals surface area (Å²) in [7, 11) is 1.62. The average Bonchev–Trinajstić information content (AvgIpc) is 2.88. The quantitative estimate of drug-likeness (QED) is 0.933. The molecule has 2 heterocycles. The molecule has 0 spiro atoms. The molecular weight excluding hydrogens is 322 g/mol. The minimum absolute atomic E-state index is 0.0113. The molecule has 0 aliphatic carbocycles. The summed E-state index contributed by atoms with van der Waals surface area (Å²) in [6, 6.07) is 7.92. The van der Waals surface area contributed by atoms with Crippen molar-refractivity contribution in [2.45, 2.75) is 12.5 Å². The van der Waals surface area contributed by atoms with Gasteiger partial charge in [0.1, 0.15) is 24.0 Å². The molecule has 0 saturated heterocycles. The summed E-state index contributed by atoms with van der Waals surface area (Å²) in [5.41, 5.74) is 7.79. The molecule has 0 amide bonds. The number of hydrogen-bond donors (Lipinski definition) is 1. The lowest BCUT2D eigenvalue weighted by molar-refractivity contribution is 0.180. The number of rotatable bonds is 3. The Kier molecular flexibility index (Phi) is 3.58. The lowest BCUT2D eigenvalue weighted by Gasteiger charge is -2.12. The summed E-state index contributed by atoms with van der Waals surface area (Å²) in [6.07, 6.45) is 0. The highest BCUT2D eigenvalue weighted by Crippen LogP contribution is 2.37. The summed E-state index contributed by atoms with van der Waals surface area (Å²) in [6.45, 7) is 0.919. The number of fused-ring (bicyclic) bond motifs is 1. The van der Waals surface area contributed by atoms with Gasteiger partial charge in [-0.15, -0.1) is 0 Å². The maximum Gasteiger partial charge on any atom is 0.142 e. The van der Waals surface area contributed by atoms with Crippen LogP contribution >= 0.6 is 15.9 Å². The molecule has 1 aromatic carbocycles. The van der Waals surface area contributed by atoms with Crippen molar-refractivity contribution in [1.29, 1.82) is 0 Å². The first kappa shape index (κ1) is 13.3. The fraction of sp³-hybridized carbons (Fsp3) is 0.286. The highest BCUT2D eigenvalue weighted by molar-refractivity contribution is 9.10. The topological polar surface area (TPSA) is 70.3 Å². The zero-order valence-electron chi connectivity index (χ0n) is 11.0. The molecule has 20 heavy (non-hydrogen) atoms. The van der Waals surface area contributed by atoms with Crippen LogP contribution in [0.25, 0.3) is 0 Å². The number of halogens is 1. The van der Waals surface area contributed by atoms with Gasteiger partial charge < -0.3 is 15.2 Å². The van der Waals surface area contributed by atoms with Gasteiger partial charge in [0.15, 0.2) is 0 Å². The number of methoxy groups -OCH3 is 1. The van der Waals surface area contributed by atoms with Crippen molar-refractivity contribution in [1.82, 2.24) is 9.97 Å². The molecule has 104 valence electrons. The largest absolute Gasteiger partial charge is 0.492 e. The number of ether oxygens (including phenoxy) is 2. The molecule has 1 unspecified atom stereocenters. The maximum atomic E-state index is 5.94. The number of benzene rings is 1. The number of anilines is 1. The first-order valence-corrected chi connectivity index (χ1v) is 7.02. The second-order valence-corrected chi connectivity index (χ2v) is 5.36. The number of nitrogens with zero attached hydrogens (tertiary/aromatic N) is 2. The predicted molar refractivity (Wildman–Crippen MR) is 78.6 cm³/mol. The fourth-order valence-electron chi connectivity index (χ4n) is 2.30. The molecule has 2 aromatic rings. The van der Waals surface area contributed by atoms with Gasteiger partial charge >= 0.3 is 0 Å². The van der Waals surface area contributed by atoms with Crippen molar-refractivity contribution in [3.63, 3.8) is 0 Å². The molecule has 2 N–H and O–H groups in total. The average molecular weight is 336 g/mol. The summed E-state index contributed by atoms with van der Waals surface area (Å²) in [5, 5.41) is 0. The Labute approximate surface area is 125 Å². The minimum Gasteiger partial charge on any atom is -0.492 e. The third-order valence-corrected chi connectivity index (χ3v) is 4.12. The Morgan fingerprint density at radius 3 is 3.00 bits per heavy atom. The molecule has 0 fully saturated rings. The van der Waals surface area contributed by atoms with E-state index in [2.05, 4.69) is 25.9 Å². The Morgan fingerprint density at radius 1 is 1.40 bits per heavy atom. The van der Waals surface area contributed by atoms with E-state index < -0.39 is 0 Å². The first-order valence-electron chi connectivity index (χ1n) is 6.23. The van der Waals surface area contributed by atoms with Crippen molar-refractivity contribution in [2.75, 3.05) is 19.5 Å². The van der Waals surface area contributed by atoms with Gasteiger partial charge in [-0.1, -0.05) is 18.2 Å². The number of para-hydroxylation sites is 1. The highest BCUT2D eigenvalue weighted by atomic mass is 79.9. The third kappa shape index (κ3) is 2.25. The van der Waals surface area contributed by atoms with Crippen LogP contribution in [0.2, 0.25) is 0 Å². The maximum absolute atomic E-state index is 5.94. The Bertz CT molecular complexity index is 648. The molecule has 5 nitrogen and oxygen atoms in total. The monoisotopic (exact) mass is 335 g/mol. The van der Waals surface area contributed by atoms with Gasteiger partial charge in [0, 0.05) is 12.7 Å². The second-order valence-electron chi connectivity index (χ2n) is 4.56. The van der Waals surface area contributed by atoms with E-state index in [9.17, 15) is 0 Å². The molecule has 1 aromatic heterocycles. The lowest BCUT2D eigenvalue weighted by atomic mass is 10.0. The molecule has 1 aliphatic rings. The van der Waals surface area contributed by atoms with Crippen LogP contribution in [0.5, 0.6) is 5.75 Å². The predicted octanol–water partition coefficient (Wildman–Crippen LogP) is 2.49. The molecule has 3 rings (SSSR count). The second kappa shape index (κ2) is 5.38. The minimum atomic E-state index is 0.0113. The summed E-state index contributed by atoms with van der Waals surface area (Å²) < 4.78 is 11.5. The smallest absolute Gasteiger partial charge is 0.142 e. The van der Waals surface area contributed by atoms with E-state index in [1.54, 1.807) is 7.11 Å². The molecule has 0 saturated carbocycles. The van der Waals surface area contributed by atoms with Gasteiger partial charge in [0.25, 0.3) is 0 Å². The van der Waals surface area contributed by atoms with Crippen LogP contribution in [0, 0.1) is 0 Å². The Balaban J connectivity index is 2.03. The third-order valence-electron chi connectivity index (χ3n) is 3.26. The SMILES string of the molecule is COCc1nc(C2COc3ccccc32)nc(N)c1Br. The van der Waals surface area contributed by atoms with Crippen molar-refractivity contribution in [2.24, 2.45) is 0 Å². The van der Waals surface area contributed by atoms with Crippen LogP contribution in [0.3, 0.4) is 0 Å². The lowest BCUT2D eigenvalue weighted by Crippen LogP contribution is -2.12. The van der Waals surface area contributed by atoms with Crippen LogP contribution in [0.4, 0.5) is 5.82 Å². The summed E-state index contributed by atoms with van der Waals surface area (Å²) in [5.74, 6) is 1.99. The van der Waals surface area contributed by atoms with Crippen LogP contribution in [-0.2, 0) is 11.3 Å². The van der Waals surface area contributed by atoms with Gasteiger partial charge in [-0.2, -0.15) is 0 Å². The first-order chi connectivity index (χ1) is 9.70. The van der Waals surface area contributed by atoms with Crippen LogP contribution in [0.1, 0.15) is 23.0 Å². The molecule has 1 atom stereocenters. The Morgan fingerprint density at radius 2 is 2.20 bits per heavy atom. The van der Waals surface area contributed by atoms with E-state index in [0.29, 0.717) is 29.3 Å². The van der Waals surface area contributed by atoms with Gasteiger partial charge in [-0.05, 0) is 22.0 Å². The van der Waals surface area contributed by atoms with Crippen LogP contribution in [-0.4, -0.2) is 23.7 Å². The van der Waals surface area contributed by atoms with E-state index in [4.69, 9.17) is 15.2 Å². The van der Waals surface area contributed by atoms with Gasteiger partial charge in [0.05, 0.1) is 22.7 Å². The van der Waals surface area contributed by atoms with E-state index >= 15 is 0 Å². The summed E-state index contributed by atoms with van der Waals surface area (Å²) >= 11 is 3.39. The highest BCUT2D eigenvalue weighted by Gasteiger charge is 2.28. The zero-order chi connectivity index (χ0) is 14.1. The molecule has 0 bridgehead atoms. The number of nitrogen functional groups attached to an aromatic ring is 1. The van der Waals surface area contributed by atoms with Crippen molar-refractivity contribution < 1.29 is 9.47 Å². The molecule has 1 aliphatic heterocycles. The molecular formula is C14H14BrN3O2. The molecule has 6 heteroatoms. The van der Waals surface area contributed by atoms with Gasteiger partial charge in [-0.3, -0.25) is 0 Å². The van der Waals surface area contributed by atoms with Crippen molar-refractivity contribution in [3.8, 4) is 5.75 Å². The zero-order valence-corrected chi connectivity index (χ0v) is 12.6. The standard InChI is InChI=1S/C14H14BrN3O2/c1-19-7-10-12(15)13(16)18-14(17-10)9-6-20-11-5-3-2-4-8(9)11/h2-5,9H,6-7H2,1H3,(H2,16,17,18). The van der Waals surface area contributed by atoms with E-state index in [1.165, 1.54) is 0 Å². The van der Waals surface area contributed by atoms with Crippen molar-refractivity contribution in [3.05, 3.63) is 45.8 Å². The van der Waals surface area contributed by atoms with E-state index in [-0.39, 0.29) is 5.92 Å². The van der Waals surface area contributed by atoms with Crippen LogP contribution in [0.15, 0.2) is 28.7 Å². The molecule has 0 radical (unpaired) electrons. The number of aromatic nitrogens is 2. The van der Waals surface area contributed by atoms with Crippen LogP contribution < -0.4 is 10.5 Å². The number of hydrogen-bond acceptors (Lipinski definition) is 5.